The zero-order valence-corrected chi connectivity index (χ0v) is 12.8. The molecule has 0 spiro atoms. The van der Waals surface area contributed by atoms with Gasteiger partial charge in [0.2, 0.25) is 0 Å². The Labute approximate surface area is 127 Å². The van der Waals surface area contributed by atoms with Crippen LogP contribution in [0, 0.1) is 22.7 Å². The van der Waals surface area contributed by atoms with Crippen LogP contribution in [0.5, 0.6) is 0 Å². The minimum absolute atomic E-state index is 0.555. The highest BCUT2D eigenvalue weighted by Gasteiger charge is 2.06. The molecule has 0 aliphatic rings. The van der Waals surface area contributed by atoms with E-state index in [4.69, 9.17) is 10.5 Å². The van der Waals surface area contributed by atoms with Gasteiger partial charge in [-0.3, -0.25) is 0 Å². The van der Waals surface area contributed by atoms with Gasteiger partial charge in [-0.2, -0.15) is 10.5 Å². The van der Waals surface area contributed by atoms with Crippen LogP contribution in [0.15, 0.2) is 45.3 Å². The molecule has 2 rings (SSSR count). The van der Waals surface area contributed by atoms with Crippen LogP contribution in [-0.2, 0) is 0 Å². The molecular formula is C14H7Br2N3. The summed E-state index contributed by atoms with van der Waals surface area (Å²) in [6.45, 7) is 0. The Morgan fingerprint density at radius 1 is 0.895 bits per heavy atom. The first kappa shape index (κ1) is 13.6. The van der Waals surface area contributed by atoms with E-state index in [0.29, 0.717) is 16.8 Å². The van der Waals surface area contributed by atoms with E-state index in [0.717, 1.165) is 14.6 Å². The van der Waals surface area contributed by atoms with Crippen LogP contribution in [0.2, 0.25) is 0 Å². The largest absolute Gasteiger partial charge is 0.353 e. The molecule has 2 aromatic carbocycles. The molecule has 0 heterocycles. The number of nitrogens with zero attached hydrogens (tertiary/aromatic N) is 2. The second kappa shape index (κ2) is 5.88. The lowest BCUT2D eigenvalue weighted by Crippen LogP contribution is -1.95. The zero-order chi connectivity index (χ0) is 13.8. The van der Waals surface area contributed by atoms with E-state index in [-0.39, 0.29) is 0 Å². The molecule has 0 aromatic heterocycles. The smallest absolute Gasteiger partial charge is 0.101 e. The predicted molar refractivity (Wildman–Crippen MR) is 81.0 cm³/mol. The molecule has 0 radical (unpaired) electrons. The monoisotopic (exact) mass is 375 g/mol. The second-order valence-electron chi connectivity index (χ2n) is 3.73. The minimum Gasteiger partial charge on any atom is -0.353 e. The number of anilines is 2. The molecule has 0 saturated heterocycles. The first-order valence-corrected chi connectivity index (χ1v) is 6.89. The molecule has 2 aromatic rings. The summed E-state index contributed by atoms with van der Waals surface area (Å²) in [6.07, 6.45) is 0. The van der Waals surface area contributed by atoms with E-state index in [2.05, 4.69) is 49.3 Å². The van der Waals surface area contributed by atoms with Gasteiger partial charge in [-0.25, -0.2) is 0 Å². The number of hydrogen-bond donors (Lipinski definition) is 1. The fourth-order valence-electron chi connectivity index (χ4n) is 1.55. The summed E-state index contributed by atoms with van der Waals surface area (Å²) in [4.78, 5) is 0. The Balaban J connectivity index is 2.40. The molecule has 0 aliphatic carbocycles. The lowest BCUT2D eigenvalue weighted by atomic mass is 10.1. The van der Waals surface area contributed by atoms with Gasteiger partial charge in [-0.15, -0.1) is 0 Å². The van der Waals surface area contributed by atoms with Gasteiger partial charge in [-0.05, 0) is 52.3 Å². The number of rotatable bonds is 2. The molecule has 0 saturated carbocycles. The summed E-state index contributed by atoms with van der Waals surface area (Å²) >= 11 is 6.78. The molecule has 19 heavy (non-hydrogen) atoms. The molecule has 0 amide bonds. The molecule has 0 atom stereocenters. The average molecular weight is 377 g/mol. The average Bonchev–Trinajstić information content (AvgIpc) is 2.41. The van der Waals surface area contributed by atoms with Crippen LogP contribution in [0.4, 0.5) is 11.4 Å². The molecule has 5 heteroatoms. The van der Waals surface area contributed by atoms with E-state index in [1.54, 1.807) is 24.3 Å². The molecule has 0 bridgehead atoms. The van der Waals surface area contributed by atoms with Crippen molar-refractivity contribution in [3.63, 3.8) is 0 Å². The van der Waals surface area contributed by atoms with E-state index >= 15 is 0 Å². The van der Waals surface area contributed by atoms with Gasteiger partial charge < -0.3 is 5.32 Å². The number of nitriles is 2. The van der Waals surface area contributed by atoms with E-state index < -0.39 is 0 Å². The molecule has 3 nitrogen and oxygen atoms in total. The fraction of sp³-hybridized carbons (Fsp3) is 0. The van der Waals surface area contributed by atoms with Crippen molar-refractivity contribution in [2.75, 3.05) is 5.32 Å². The lowest BCUT2D eigenvalue weighted by Gasteiger charge is -2.10. The van der Waals surface area contributed by atoms with Gasteiger partial charge in [0.15, 0.2) is 0 Å². The van der Waals surface area contributed by atoms with Crippen molar-refractivity contribution < 1.29 is 0 Å². The summed E-state index contributed by atoms with van der Waals surface area (Å²) in [5.41, 5.74) is 2.64. The van der Waals surface area contributed by atoms with Gasteiger partial charge >= 0.3 is 0 Å². The third kappa shape index (κ3) is 3.14. The summed E-state index contributed by atoms with van der Waals surface area (Å²) in [6, 6.07) is 14.8. The Bertz CT molecular complexity index is 712. The first-order valence-electron chi connectivity index (χ1n) is 5.30. The molecule has 0 aliphatic heterocycles. The number of hydrogen-bond acceptors (Lipinski definition) is 3. The van der Waals surface area contributed by atoms with Crippen molar-refractivity contribution in [1.29, 1.82) is 10.5 Å². The van der Waals surface area contributed by atoms with Gasteiger partial charge in [0.25, 0.3) is 0 Å². The third-order valence-corrected chi connectivity index (χ3v) is 3.62. The Morgan fingerprint density at radius 3 is 2.32 bits per heavy atom. The lowest BCUT2D eigenvalue weighted by molar-refractivity contribution is 1.43. The van der Waals surface area contributed by atoms with E-state index in [1.807, 2.05) is 12.1 Å². The van der Waals surface area contributed by atoms with E-state index in [1.165, 1.54) is 0 Å². The van der Waals surface area contributed by atoms with Crippen molar-refractivity contribution >= 4 is 43.2 Å². The molecule has 92 valence electrons. The number of benzene rings is 2. The highest BCUT2D eigenvalue weighted by Crippen LogP contribution is 2.29. The van der Waals surface area contributed by atoms with Gasteiger partial charge in [0, 0.05) is 8.95 Å². The number of nitrogens with one attached hydrogen (secondary N) is 1. The van der Waals surface area contributed by atoms with Crippen molar-refractivity contribution in [1.82, 2.24) is 0 Å². The molecular weight excluding hydrogens is 370 g/mol. The molecule has 0 unspecified atom stereocenters. The van der Waals surface area contributed by atoms with Crippen LogP contribution in [0.3, 0.4) is 0 Å². The van der Waals surface area contributed by atoms with Crippen LogP contribution in [-0.4, -0.2) is 0 Å². The van der Waals surface area contributed by atoms with Crippen molar-refractivity contribution in [2.24, 2.45) is 0 Å². The Morgan fingerprint density at radius 2 is 1.68 bits per heavy atom. The maximum absolute atomic E-state index is 9.08. The second-order valence-corrected chi connectivity index (χ2v) is 5.50. The summed E-state index contributed by atoms with van der Waals surface area (Å²) in [7, 11) is 0. The van der Waals surface area contributed by atoms with E-state index in [9.17, 15) is 0 Å². The van der Waals surface area contributed by atoms with Crippen molar-refractivity contribution in [3.8, 4) is 12.1 Å². The highest BCUT2D eigenvalue weighted by atomic mass is 79.9. The van der Waals surface area contributed by atoms with Crippen molar-refractivity contribution in [2.45, 2.75) is 0 Å². The topological polar surface area (TPSA) is 59.6 Å². The summed E-state index contributed by atoms with van der Waals surface area (Å²) < 4.78 is 1.66. The minimum atomic E-state index is 0.555. The summed E-state index contributed by atoms with van der Waals surface area (Å²) in [5, 5.41) is 21.1. The maximum Gasteiger partial charge on any atom is 0.101 e. The van der Waals surface area contributed by atoms with Crippen LogP contribution >= 0.6 is 31.9 Å². The van der Waals surface area contributed by atoms with Crippen molar-refractivity contribution in [3.05, 3.63) is 56.5 Å². The third-order valence-electron chi connectivity index (χ3n) is 2.47. The fourth-order valence-corrected chi connectivity index (χ4v) is 2.39. The highest BCUT2D eigenvalue weighted by molar-refractivity contribution is 9.10. The summed E-state index contributed by atoms with van der Waals surface area (Å²) in [5.74, 6) is 0. The Hall–Kier alpha value is -1.82. The SMILES string of the molecule is N#Cc1ccc(Nc2cc(Br)ccc2C#N)c(Br)c1. The van der Waals surface area contributed by atoms with Gasteiger partial charge in [0.05, 0.1) is 28.6 Å². The number of halogens is 2. The first-order chi connectivity index (χ1) is 9.13. The van der Waals surface area contributed by atoms with Crippen LogP contribution < -0.4 is 5.32 Å². The standard InChI is InChI=1S/C14H7Br2N3/c15-11-3-2-10(8-18)14(6-11)19-13-4-1-9(7-17)5-12(13)16/h1-6,19H. The van der Waals surface area contributed by atoms with Crippen LogP contribution in [0.1, 0.15) is 11.1 Å². The molecule has 1 N–H and O–H groups in total. The Kier molecular flexibility index (Phi) is 4.21. The quantitative estimate of drug-likeness (QED) is 0.826. The predicted octanol–water partition coefficient (Wildman–Crippen LogP) is 4.70. The maximum atomic E-state index is 9.08. The van der Waals surface area contributed by atoms with Crippen LogP contribution in [0.25, 0.3) is 0 Å². The molecule has 0 fully saturated rings. The normalized spacial score (nSPS) is 9.47. The zero-order valence-electron chi connectivity index (χ0n) is 9.61. The van der Waals surface area contributed by atoms with Gasteiger partial charge in [-0.1, -0.05) is 15.9 Å². The van der Waals surface area contributed by atoms with Gasteiger partial charge in [0.1, 0.15) is 6.07 Å².